The van der Waals surface area contributed by atoms with Gasteiger partial charge in [-0.25, -0.2) is 4.57 Å². The summed E-state index contributed by atoms with van der Waals surface area (Å²) < 4.78 is 23.5. The predicted octanol–water partition coefficient (Wildman–Crippen LogP) is 15.6. The molecule has 0 rings (SSSR count). The molecule has 3 atom stereocenters. The minimum atomic E-state index is -4.30. The molecular weight excluding hydrogens is 792 g/mol. The molecule has 0 spiro atoms. The summed E-state index contributed by atoms with van der Waals surface area (Å²) >= 11 is 0. The molecule has 0 aromatic rings. The third kappa shape index (κ3) is 47.0. The van der Waals surface area contributed by atoms with Gasteiger partial charge in [-0.15, -0.1) is 0 Å². The van der Waals surface area contributed by atoms with Gasteiger partial charge in [0.05, 0.1) is 39.9 Å². The van der Waals surface area contributed by atoms with Gasteiger partial charge in [-0.1, -0.05) is 231 Å². The molecule has 0 aromatic heterocycles. The van der Waals surface area contributed by atoms with Crippen LogP contribution in [0.25, 0.3) is 0 Å². The highest BCUT2D eigenvalue weighted by molar-refractivity contribution is 7.47. The van der Waals surface area contributed by atoms with E-state index in [-0.39, 0.29) is 19.1 Å². The molecule has 9 heteroatoms. The summed E-state index contributed by atoms with van der Waals surface area (Å²) in [5.74, 6) is -0.147. The number of nitrogens with one attached hydrogen (secondary N) is 1. The summed E-state index contributed by atoms with van der Waals surface area (Å²) in [6.45, 7) is 4.80. The Morgan fingerprint density at radius 2 is 0.919 bits per heavy atom. The quantitative estimate of drug-likeness (QED) is 0.0243. The van der Waals surface area contributed by atoms with Gasteiger partial charge >= 0.3 is 7.82 Å². The molecule has 0 saturated heterocycles. The molecule has 0 heterocycles. The number of nitrogens with zero attached hydrogens (tertiary/aromatic N) is 1. The van der Waals surface area contributed by atoms with Gasteiger partial charge in [-0.05, 0) is 44.9 Å². The van der Waals surface area contributed by atoms with Crippen molar-refractivity contribution in [2.24, 2.45) is 0 Å². The Kier molecular flexibility index (Phi) is 44.4. The van der Waals surface area contributed by atoms with Crippen LogP contribution >= 0.6 is 7.82 Å². The molecule has 0 saturated carbocycles. The molecule has 3 N–H and O–H groups in total. The first-order chi connectivity index (χ1) is 30.0. The number of hydrogen-bond acceptors (Lipinski definition) is 5. The smallest absolute Gasteiger partial charge is 0.391 e. The fraction of sp³-hybridized carbons (Fsp3) is 0.906. The van der Waals surface area contributed by atoms with Crippen molar-refractivity contribution in [3.63, 3.8) is 0 Å². The fourth-order valence-corrected chi connectivity index (χ4v) is 8.70. The Bertz CT molecular complexity index is 1060. The largest absolute Gasteiger partial charge is 0.472 e. The number of rotatable bonds is 49. The van der Waals surface area contributed by atoms with Crippen molar-refractivity contribution in [2.75, 3.05) is 40.9 Å². The van der Waals surface area contributed by atoms with E-state index >= 15 is 0 Å². The maximum atomic E-state index is 12.8. The summed E-state index contributed by atoms with van der Waals surface area (Å²) in [5.41, 5.74) is 0. The van der Waals surface area contributed by atoms with Crippen LogP contribution in [-0.4, -0.2) is 73.4 Å². The van der Waals surface area contributed by atoms with Crippen LogP contribution in [0.2, 0.25) is 0 Å². The van der Waals surface area contributed by atoms with Crippen LogP contribution in [0.4, 0.5) is 0 Å². The van der Waals surface area contributed by atoms with Gasteiger partial charge in [0.25, 0.3) is 0 Å². The lowest BCUT2D eigenvalue weighted by Gasteiger charge is -2.26. The van der Waals surface area contributed by atoms with E-state index in [0.29, 0.717) is 23.9 Å². The number of unbranched alkanes of at least 4 members (excludes halogenated alkanes) is 32. The number of amides is 1. The predicted molar refractivity (Wildman–Crippen MR) is 268 cm³/mol. The summed E-state index contributed by atoms with van der Waals surface area (Å²) in [6, 6.07) is -0.753. The standard InChI is InChI=1S/C53H105N2O6P/c1-6-8-10-12-13-14-15-16-17-18-19-20-21-22-23-24-25-26-27-28-29-30-31-32-33-34-35-36-37-38-39-40-41-43-45-47-53(57)54-51(52(56)46-44-42-11-9-7-2)50-61-62(58,59)60-49-48-55(3,4)5/h15-16,18-19,51-52,56H,6-14,17,20-50H2,1-5H3,(H-,54,57,58,59)/p+1/b16-15-,19-18-. The van der Waals surface area contributed by atoms with Crippen molar-refractivity contribution in [1.82, 2.24) is 5.32 Å². The van der Waals surface area contributed by atoms with Gasteiger partial charge in [0.1, 0.15) is 13.2 Å². The number of phosphoric ester groups is 1. The van der Waals surface area contributed by atoms with Gasteiger partial charge in [0.2, 0.25) is 5.91 Å². The van der Waals surface area contributed by atoms with Crippen LogP contribution in [0.5, 0.6) is 0 Å². The monoisotopic (exact) mass is 898 g/mol. The van der Waals surface area contributed by atoms with E-state index in [1.54, 1.807) is 0 Å². The molecule has 0 aliphatic carbocycles. The average molecular weight is 898 g/mol. The van der Waals surface area contributed by atoms with Crippen LogP contribution in [0.3, 0.4) is 0 Å². The van der Waals surface area contributed by atoms with E-state index in [9.17, 15) is 19.4 Å². The van der Waals surface area contributed by atoms with Crippen LogP contribution in [0.1, 0.15) is 258 Å². The van der Waals surface area contributed by atoms with E-state index in [1.807, 2.05) is 21.1 Å². The first-order valence-electron chi connectivity index (χ1n) is 26.7. The van der Waals surface area contributed by atoms with E-state index in [1.165, 1.54) is 173 Å². The van der Waals surface area contributed by atoms with Crippen molar-refractivity contribution >= 4 is 13.7 Å². The molecule has 368 valence electrons. The van der Waals surface area contributed by atoms with Crippen LogP contribution in [-0.2, 0) is 18.4 Å². The number of allylic oxidation sites excluding steroid dienone is 4. The molecule has 62 heavy (non-hydrogen) atoms. The normalized spacial score (nSPS) is 14.2. The van der Waals surface area contributed by atoms with Crippen molar-refractivity contribution in [2.45, 2.75) is 270 Å². The lowest BCUT2D eigenvalue weighted by atomic mass is 10.0. The SMILES string of the molecule is CCCCCCC/C=C\C/C=C\CCCCCCCCCCCCCCCCCCCCCCCCCC(=O)NC(COP(=O)(O)OCC[N+](C)(C)C)C(O)CCCCCCC. The van der Waals surface area contributed by atoms with Crippen molar-refractivity contribution in [1.29, 1.82) is 0 Å². The zero-order valence-corrected chi connectivity index (χ0v) is 42.8. The second-order valence-electron chi connectivity index (χ2n) is 19.6. The number of phosphoric acid groups is 1. The minimum Gasteiger partial charge on any atom is -0.391 e. The Morgan fingerprint density at radius 1 is 0.548 bits per heavy atom. The Labute approximate surface area is 385 Å². The summed E-state index contributed by atoms with van der Waals surface area (Å²) in [7, 11) is 1.62. The maximum absolute atomic E-state index is 12.8. The fourth-order valence-electron chi connectivity index (χ4n) is 7.96. The molecule has 0 radical (unpaired) electrons. The van der Waals surface area contributed by atoms with E-state index in [0.717, 1.165) is 57.8 Å². The number of carbonyl (C=O) groups excluding carboxylic acids is 1. The Balaban J connectivity index is 3.72. The first kappa shape index (κ1) is 61.0. The Morgan fingerprint density at radius 3 is 1.32 bits per heavy atom. The molecule has 3 unspecified atom stereocenters. The molecule has 8 nitrogen and oxygen atoms in total. The molecule has 0 aliphatic rings. The number of aliphatic hydroxyl groups excluding tert-OH is 1. The average Bonchev–Trinajstić information content (AvgIpc) is 3.23. The molecule has 0 aliphatic heterocycles. The Hall–Kier alpha value is -1.02. The van der Waals surface area contributed by atoms with Crippen LogP contribution in [0, 0.1) is 0 Å². The molecular formula is C53H106N2O6P+. The third-order valence-electron chi connectivity index (χ3n) is 12.2. The van der Waals surface area contributed by atoms with Gasteiger partial charge in [0.15, 0.2) is 0 Å². The van der Waals surface area contributed by atoms with Gasteiger partial charge in [0, 0.05) is 6.42 Å². The molecule has 1 amide bonds. The maximum Gasteiger partial charge on any atom is 0.472 e. The highest BCUT2D eigenvalue weighted by Gasteiger charge is 2.28. The number of carbonyl (C=O) groups is 1. The molecule has 0 aromatic carbocycles. The van der Waals surface area contributed by atoms with Gasteiger partial charge in [-0.2, -0.15) is 0 Å². The zero-order chi connectivity index (χ0) is 45.7. The van der Waals surface area contributed by atoms with Crippen LogP contribution < -0.4 is 5.32 Å². The lowest BCUT2D eigenvalue weighted by Crippen LogP contribution is -2.46. The van der Waals surface area contributed by atoms with E-state index in [4.69, 9.17) is 9.05 Å². The second-order valence-corrected chi connectivity index (χ2v) is 21.1. The van der Waals surface area contributed by atoms with Crippen molar-refractivity contribution in [3.05, 3.63) is 24.3 Å². The number of likely N-dealkylation sites (N-methyl/N-ethyl adjacent to an activating group) is 1. The number of quaternary nitrogens is 1. The molecule has 0 fully saturated rings. The van der Waals surface area contributed by atoms with Gasteiger partial charge < -0.3 is 19.8 Å². The van der Waals surface area contributed by atoms with Gasteiger partial charge in [-0.3, -0.25) is 13.8 Å². The minimum absolute atomic E-state index is 0.0759. The highest BCUT2D eigenvalue weighted by atomic mass is 31.2. The van der Waals surface area contributed by atoms with Crippen molar-refractivity contribution in [3.8, 4) is 0 Å². The van der Waals surface area contributed by atoms with E-state index < -0.39 is 20.0 Å². The van der Waals surface area contributed by atoms with E-state index in [2.05, 4.69) is 43.5 Å². The second kappa shape index (κ2) is 45.1. The number of hydrogen-bond donors (Lipinski definition) is 3. The highest BCUT2D eigenvalue weighted by Crippen LogP contribution is 2.43. The zero-order valence-electron chi connectivity index (χ0n) is 41.9. The summed E-state index contributed by atoms with van der Waals surface area (Å²) in [4.78, 5) is 23.0. The van der Waals surface area contributed by atoms with Crippen molar-refractivity contribution < 1.29 is 32.9 Å². The summed E-state index contributed by atoms with van der Waals surface area (Å²) in [6.07, 6.45) is 55.9. The summed E-state index contributed by atoms with van der Waals surface area (Å²) in [5, 5.41) is 13.8. The number of aliphatic hydroxyl groups is 1. The topological polar surface area (TPSA) is 105 Å². The molecule has 0 bridgehead atoms. The first-order valence-corrected chi connectivity index (χ1v) is 28.2. The van der Waals surface area contributed by atoms with Crippen LogP contribution in [0.15, 0.2) is 24.3 Å². The lowest BCUT2D eigenvalue weighted by molar-refractivity contribution is -0.870. The third-order valence-corrected chi connectivity index (χ3v) is 13.2.